The fourth-order valence-electron chi connectivity index (χ4n) is 2.82. The van der Waals surface area contributed by atoms with Crippen molar-refractivity contribution in [1.29, 1.82) is 0 Å². The normalized spacial score (nSPS) is 16.2. The van der Waals surface area contributed by atoms with E-state index in [2.05, 4.69) is 33.1 Å². The maximum atomic E-state index is 14.0. The van der Waals surface area contributed by atoms with Gasteiger partial charge in [-0.05, 0) is 42.3 Å². The van der Waals surface area contributed by atoms with Crippen LogP contribution in [-0.2, 0) is 11.8 Å². The molecule has 1 aromatic carbocycles. The predicted molar refractivity (Wildman–Crippen MR) is 94.7 cm³/mol. The Morgan fingerprint density at radius 3 is 2.70 bits per heavy atom. The summed E-state index contributed by atoms with van der Waals surface area (Å²) in [6, 6.07) is 11.3. The van der Waals surface area contributed by atoms with E-state index >= 15 is 0 Å². The van der Waals surface area contributed by atoms with Crippen LogP contribution in [0.2, 0.25) is 0 Å². The molecule has 0 saturated heterocycles. The van der Waals surface area contributed by atoms with Gasteiger partial charge in [0.05, 0.1) is 0 Å². The van der Waals surface area contributed by atoms with Gasteiger partial charge in [-0.25, -0.2) is 4.39 Å². The van der Waals surface area contributed by atoms with Gasteiger partial charge in [-0.2, -0.15) is 0 Å². The van der Waals surface area contributed by atoms with Crippen LogP contribution < -0.4 is 10.6 Å². The Morgan fingerprint density at radius 2 is 2.04 bits per heavy atom. The molecule has 23 heavy (non-hydrogen) atoms. The molecule has 1 saturated carbocycles. The molecule has 0 radical (unpaired) electrons. The lowest BCUT2D eigenvalue weighted by Crippen LogP contribution is -2.42. The number of hydrogen-bond donors (Lipinski definition) is 2. The van der Waals surface area contributed by atoms with Gasteiger partial charge in [0.15, 0.2) is 5.96 Å². The van der Waals surface area contributed by atoms with Crippen molar-refractivity contribution in [3.8, 4) is 0 Å². The molecule has 0 unspecified atom stereocenters. The Hall–Kier alpha value is -1.88. The minimum atomic E-state index is -0.104. The third kappa shape index (κ3) is 3.91. The molecule has 3 nitrogen and oxygen atoms in total. The fourth-order valence-corrected chi connectivity index (χ4v) is 3.52. The van der Waals surface area contributed by atoms with Crippen LogP contribution in [0.4, 0.5) is 4.39 Å². The van der Waals surface area contributed by atoms with Gasteiger partial charge in [-0.3, -0.25) is 4.99 Å². The zero-order valence-corrected chi connectivity index (χ0v) is 14.1. The summed E-state index contributed by atoms with van der Waals surface area (Å²) in [4.78, 5) is 5.62. The molecule has 2 aromatic rings. The number of halogens is 1. The highest BCUT2D eigenvalue weighted by Gasteiger charge is 2.45. The molecule has 1 aromatic heterocycles. The van der Waals surface area contributed by atoms with Gasteiger partial charge in [-0.1, -0.05) is 24.3 Å². The van der Waals surface area contributed by atoms with Crippen molar-refractivity contribution in [2.75, 3.05) is 20.1 Å². The van der Waals surface area contributed by atoms with E-state index in [-0.39, 0.29) is 11.2 Å². The van der Waals surface area contributed by atoms with Crippen LogP contribution in [0.25, 0.3) is 0 Å². The number of benzene rings is 1. The van der Waals surface area contributed by atoms with Crippen molar-refractivity contribution in [2.24, 2.45) is 4.99 Å². The first-order valence-electron chi connectivity index (χ1n) is 7.95. The average Bonchev–Trinajstić information content (AvgIpc) is 3.17. The Bertz CT molecular complexity index is 663. The second-order valence-corrected chi connectivity index (χ2v) is 6.97. The number of rotatable bonds is 6. The number of thiophene rings is 1. The molecule has 2 N–H and O–H groups in total. The van der Waals surface area contributed by atoms with Crippen molar-refractivity contribution in [3.63, 3.8) is 0 Å². The molecule has 0 bridgehead atoms. The van der Waals surface area contributed by atoms with Crippen molar-refractivity contribution < 1.29 is 4.39 Å². The maximum absolute atomic E-state index is 14.0. The summed E-state index contributed by atoms with van der Waals surface area (Å²) < 4.78 is 14.0. The first kappa shape index (κ1) is 16.0. The Kier molecular flexibility index (Phi) is 4.96. The largest absolute Gasteiger partial charge is 0.356 e. The van der Waals surface area contributed by atoms with Gasteiger partial charge < -0.3 is 10.6 Å². The SMILES string of the molecule is CN=C(NCCc1cccs1)NCC1(c2ccccc2F)CC1. The zero-order valence-electron chi connectivity index (χ0n) is 13.3. The molecule has 0 spiro atoms. The van der Waals surface area contributed by atoms with Crippen molar-refractivity contribution in [1.82, 2.24) is 10.6 Å². The van der Waals surface area contributed by atoms with Crippen LogP contribution in [0, 0.1) is 5.82 Å². The van der Waals surface area contributed by atoms with Crippen molar-refractivity contribution >= 4 is 17.3 Å². The second kappa shape index (κ2) is 7.13. The van der Waals surface area contributed by atoms with Gasteiger partial charge in [0.2, 0.25) is 0 Å². The topological polar surface area (TPSA) is 36.4 Å². The molecule has 0 amide bonds. The molecule has 1 fully saturated rings. The van der Waals surface area contributed by atoms with Crippen molar-refractivity contribution in [3.05, 3.63) is 58.0 Å². The lowest BCUT2D eigenvalue weighted by atomic mass is 9.95. The van der Waals surface area contributed by atoms with Crippen LogP contribution in [0.15, 0.2) is 46.8 Å². The number of guanidine groups is 1. The van der Waals surface area contributed by atoms with E-state index in [0.717, 1.165) is 37.3 Å². The molecule has 0 aliphatic heterocycles. The predicted octanol–water partition coefficient (Wildman–Crippen LogP) is 3.33. The minimum Gasteiger partial charge on any atom is -0.356 e. The van der Waals surface area contributed by atoms with Gasteiger partial charge in [-0.15, -0.1) is 11.3 Å². The Morgan fingerprint density at radius 1 is 1.22 bits per heavy atom. The lowest BCUT2D eigenvalue weighted by Gasteiger charge is -2.19. The summed E-state index contributed by atoms with van der Waals surface area (Å²) >= 11 is 1.77. The van der Waals surface area contributed by atoms with Gasteiger partial charge in [0.1, 0.15) is 5.82 Å². The van der Waals surface area contributed by atoms with E-state index in [4.69, 9.17) is 0 Å². The summed E-state index contributed by atoms with van der Waals surface area (Å²) in [6.07, 6.45) is 3.02. The first-order valence-corrected chi connectivity index (χ1v) is 8.83. The monoisotopic (exact) mass is 331 g/mol. The van der Waals surface area contributed by atoms with Crippen LogP contribution >= 0.6 is 11.3 Å². The van der Waals surface area contributed by atoms with Gasteiger partial charge >= 0.3 is 0 Å². The summed E-state index contributed by atoms with van der Waals surface area (Å²) in [7, 11) is 1.77. The third-order valence-corrected chi connectivity index (χ3v) is 5.30. The second-order valence-electron chi connectivity index (χ2n) is 5.94. The highest BCUT2D eigenvalue weighted by molar-refractivity contribution is 7.09. The fraction of sp³-hybridized carbons (Fsp3) is 0.389. The Balaban J connectivity index is 1.51. The lowest BCUT2D eigenvalue weighted by molar-refractivity contribution is 0.560. The quantitative estimate of drug-likeness (QED) is 0.629. The molecule has 0 atom stereocenters. The van der Waals surface area contributed by atoms with Crippen LogP contribution in [0.1, 0.15) is 23.3 Å². The molecule has 122 valence electrons. The van der Waals surface area contributed by atoms with E-state index in [1.54, 1.807) is 30.5 Å². The molecule has 1 aliphatic carbocycles. The smallest absolute Gasteiger partial charge is 0.191 e. The summed E-state index contributed by atoms with van der Waals surface area (Å²) in [6.45, 7) is 1.56. The van der Waals surface area contributed by atoms with Crippen LogP contribution in [0.3, 0.4) is 0 Å². The number of nitrogens with zero attached hydrogens (tertiary/aromatic N) is 1. The molecule has 1 aliphatic rings. The maximum Gasteiger partial charge on any atom is 0.191 e. The van der Waals surface area contributed by atoms with E-state index in [1.807, 2.05) is 12.1 Å². The average molecular weight is 331 g/mol. The number of hydrogen-bond acceptors (Lipinski definition) is 2. The molecule has 5 heteroatoms. The highest BCUT2D eigenvalue weighted by atomic mass is 32.1. The summed E-state index contributed by atoms with van der Waals surface area (Å²) in [5.41, 5.74) is 0.748. The van der Waals surface area contributed by atoms with E-state index < -0.39 is 0 Å². The number of aliphatic imine (C=N–C) groups is 1. The Labute approximate surface area is 140 Å². The summed E-state index contributed by atoms with van der Waals surface area (Å²) in [5, 5.41) is 8.77. The minimum absolute atomic E-state index is 0.0727. The van der Waals surface area contributed by atoms with Gasteiger partial charge in [0, 0.05) is 30.4 Å². The standard InChI is InChI=1S/C18H22FN3S/c1-20-17(21-11-8-14-5-4-12-23-14)22-13-18(9-10-18)15-6-2-3-7-16(15)19/h2-7,12H,8-11,13H2,1H3,(H2,20,21,22). The molecule has 3 rings (SSSR count). The molecular weight excluding hydrogens is 309 g/mol. The third-order valence-electron chi connectivity index (χ3n) is 4.36. The molecular formula is C18H22FN3S. The zero-order chi connectivity index (χ0) is 16.1. The number of nitrogens with one attached hydrogen (secondary N) is 2. The summed E-state index contributed by atoms with van der Waals surface area (Å²) in [5.74, 6) is 0.677. The van der Waals surface area contributed by atoms with Crippen LogP contribution in [0.5, 0.6) is 0 Å². The van der Waals surface area contributed by atoms with E-state index in [0.29, 0.717) is 6.54 Å². The van der Waals surface area contributed by atoms with Crippen LogP contribution in [-0.4, -0.2) is 26.1 Å². The van der Waals surface area contributed by atoms with E-state index in [1.165, 1.54) is 4.88 Å². The molecule has 1 heterocycles. The van der Waals surface area contributed by atoms with Crippen molar-refractivity contribution in [2.45, 2.75) is 24.7 Å². The van der Waals surface area contributed by atoms with E-state index in [9.17, 15) is 4.39 Å². The highest BCUT2D eigenvalue weighted by Crippen LogP contribution is 2.48. The van der Waals surface area contributed by atoms with Gasteiger partial charge in [0.25, 0.3) is 0 Å². The first-order chi connectivity index (χ1) is 11.2.